The lowest BCUT2D eigenvalue weighted by molar-refractivity contribution is -0.138. The maximum absolute atomic E-state index is 12.5. The first-order valence-electron chi connectivity index (χ1n) is 7.13. The molecule has 0 spiro atoms. The summed E-state index contributed by atoms with van der Waals surface area (Å²) in [5.41, 5.74) is 0. The molecule has 0 aliphatic carbocycles. The Bertz CT molecular complexity index is 414. The smallest absolute Gasteiger partial charge is 0.226 e. The summed E-state index contributed by atoms with van der Waals surface area (Å²) < 4.78 is 24.3. The molecule has 0 unspecified atom stereocenters. The maximum atomic E-state index is 12.5. The van der Waals surface area contributed by atoms with E-state index in [9.17, 15) is 13.2 Å². The summed E-state index contributed by atoms with van der Waals surface area (Å²) in [6.07, 6.45) is 2.94. The second-order valence-corrected chi connectivity index (χ2v) is 7.62. The summed E-state index contributed by atoms with van der Waals surface area (Å²) in [5.74, 6) is -0.0179. The van der Waals surface area contributed by atoms with Crippen molar-refractivity contribution in [2.45, 2.75) is 39.2 Å². The number of piperidine rings is 1. The van der Waals surface area contributed by atoms with E-state index >= 15 is 0 Å². The molecule has 1 aliphatic rings. The third-order valence-corrected chi connectivity index (χ3v) is 5.04. The molecule has 1 heterocycles. The lowest BCUT2D eigenvalue weighted by atomic mass is 9.96. The lowest BCUT2D eigenvalue weighted by Crippen LogP contribution is -2.46. The Morgan fingerprint density at radius 3 is 2.30 bits per heavy atom. The van der Waals surface area contributed by atoms with E-state index in [0.29, 0.717) is 38.9 Å². The monoisotopic (exact) mass is 306 g/mol. The lowest BCUT2D eigenvalue weighted by Gasteiger charge is -2.34. The van der Waals surface area contributed by atoms with Crippen LogP contribution in [0.4, 0.5) is 0 Å². The number of rotatable bonds is 6. The van der Waals surface area contributed by atoms with E-state index in [-0.39, 0.29) is 24.5 Å². The largest absolute Gasteiger partial charge is 0.396 e. The Balaban J connectivity index is 2.60. The van der Waals surface area contributed by atoms with E-state index in [1.54, 1.807) is 4.90 Å². The van der Waals surface area contributed by atoms with E-state index in [1.165, 1.54) is 10.6 Å². The van der Waals surface area contributed by atoms with Gasteiger partial charge >= 0.3 is 0 Å². The fourth-order valence-electron chi connectivity index (χ4n) is 2.53. The van der Waals surface area contributed by atoms with Gasteiger partial charge in [-0.25, -0.2) is 12.7 Å². The minimum absolute atomic E-state index is 0.0724. The van der Waals surface area contributed by atoms with Crippen molar-refractivity contribution in [3.63, 3.8) is 0 Å². The second kappa shape index (κ2) is 7.38. The Hall–Kier alpha value is -0.660. The van der Waals surface area contributed by atoms with Crippen LogP contribution in [0.25, 0.3) is 0 Å². The topological polar surface area (TPSA) is 77.9 Å². The molecule has 0 aromatic heterocycles. The van der Waals surface area contributed by atoms with Gasteiger partial charge in [0, 0.05) is 38.2 Å². The molecule has 20 heavy (non-hydrogen) atoms. The first kappa shape index (κ1) is 17.4. The predicted molar refractivity (Wildman–Crippen MR) is 77.7 cm³/mol. The summed E-state index contributed by atoms with van der Waals surface area (Å²) in [6.45, 7) is 5.38. The molecule has 0 atom stereocenters. The third-order valence-electron chi connectivity index (χ3n) is 3.74. The summed E-state index contributed by atoms with van der Waals surface area (Å²) >= 11 is 0. The van der Waals surface area contributed by atoms with E-state index in [4.69, 9.17) is 5.11 Å². The molecule has 1 aliphatic heterocycles. The highest BCUT2D eigenvalue weighted by Gasteiger charge is 2.31. The summed E-state index contributed by atoms with van der Waals surface area (Å²) in [6, 6.07) is 0.0991. The Kier molecular flexibility index (Phi) is 6.42. The average molecular weight is 306 g/mol. The molecule has 1 fully saturated rings. The van der Waals surface area contributed by atoms with Gasteiger partial charge in [0.1, 0.15) is 0 Å². The van der Waals surface area contributed by atoms with Crippen LogP contribution in [-0.4, -0.2) is 67.2 Å². The molecule has 0 saturated carbocycles. The highest BCUT2D eigenvalue weighted by Crippen LogP contribution is 2.22. The first-order chi connectivity index (χ1) is 9.27. The van der Waals surface area contributed by atoms with Gasteiger partial charge < -0.3 is 10.0 Å². The van der Waals surface area contributed by atoms with Crippen molar-refractivity contribution in [2.75, 3.05) is 32.5 Å². The number of hydrogen-bond donors (Lipinski definition) is 1. The van der Waals surface area contributed by atoms with Gasteiger partial charge in [0.15, 0.2) is 0 Å². The number of aliphatic hydroxyl groups is 1. The molecule has 118 valence electrons. The number of amides is 1. The van der Waals surface area contributed by atoms with Crippen LogP contribution < -0.4 is 0 Å². The summed E-state index contributed by atoms with van der Waals surface area (Å²) in [4.78, 5) is 14.3. The van der Waals surface area contributed by atoms with Crippen LogP contribution in [0.15, 0.2) is 0 Å². The van der Waals surface area contributed by atoms with Gasteiger partial charge in [0.2, 0.25) is 15.9 Å². The molecule has 1 rings (SSSR count). The van der Waals surface area contributed by atoms with Crippen LogP contribution >= 0.6 is 0 Å². The Morgan fingerprint density at radius 2 is 1.90 bits per heavy atom. The van der Waals surface area contributed by atoms with Crippen molar-refractivity contribution in [1.82, 2.24) is 9.21 Å². The van der Waals surface area contributed by atoms with Gasteiger partial charge in [-0.2, -0.15) is 0 Å². The summed E-state index contributed by atoms with van der Waals surface area (Å²) in [5, 5.41) is 8.90. The molecule has 1 saturated heterocycles. The van der Waals surface area contributed by atoms with Gasteiger partial charge in [-0.1, -0.05) is 0 Å². The van der Waals surface area contributed by atoms with Gasteiger partial charge in [-0.05, 0) is 33.1 Å². The van der Waals surface area contributed by atoms with Crippen LogP contribution in [0.5, 0.6) is 0 Å². The number of hydrogen-bond acceptors (Lipinski definition) is 4. The average Bonchev–Trinajstić information content (AvgIpc) is 2.37. The second-order valence-electron chi connectivity index (χ2n) is 5.64. The van der Waals surface area contributed by atoms with Crippen LogP contribution in [0.3, 0.4) is 0 Å². The fraction of sp³-hybridized carbons (Fsp3) is 0.923. The molecule has 0 aromatic rings. The third kappa shape index (κ3) is 4.71. The van der Waals surface area contributed by atoms with Crippen molar-refractivity contribution >= 4 is 15.9 Å². The molecule has 1 amide bonds. The SMILES string of the molecule is CC(C)N(CCCO)C(=O)C1CCN(S(C)(=O)=O)CC1. The zero-order chi connectivity index (χ0) is 15.3. The molecule has 0 aromatic carbocycles. The van der Waals surface area contributed by atoms with Crippen molar-refractivity contribution in [1.29, 1.82) is 0 Å². The molecular formula is C13H26N2O4S. The zero-order valence-electron chi connectivity index (χ0n) is 12.6. The minimum Gasteiger partial charge on any atom is -0.396 e. The van der Waals surface area contributed by atoms with Gasteiger partial charge in [-0.3, -0.25) is 4.79 Å². The number of carbonyl (C=O) groups is 1. The van der Waals surface area contributed by atoms with Gasteiger partial charge in [0.25, 0.3) is 0 Å². The van der Waals surface area contributed by atoms with Crippen molar-refractivity contribution in [3.05, 3.63) is 0 Å². The molecule has 6 nitrogen and oxygen atoms in total. The predicted octanol–water partition coefficient (Wildman–Crippen LogP) is 0.277. The zero-order valence-corrected chi connectivity index (χ0v) is 13.4. The van der Waals surface area contributed by atoms with Crippen LogP contribution in [0.2, 0.25) is 0 Å². The normalized spacial score (nSPS) is 18.4. The van der Waals surface area contributed by atoms with Gasteiger partial charge in [-0.15, -0.1) is 0 Å². The maximum Gasteiger partial charge on any atom is 0.226 e. The molecule has 1 N–H and O–H groups in total. The van der Waals surface area contributed by atoms with Crippen LogP contribution in [-0.2, 0) is 14.8 Å². The molecule has 7 heteroatoms. The summed E-state index contributed by atoms with van der Waals surface area (Å²) in [7, 11) is -3.15. The van der Waals surface area contributed by atoms with E-state index in [0.717, 1.165) is 0 Å². The number of nitrogens with zero attached hydrogens (tertiary/aromatic N) is 2. The molecule has 0 radical (unpaired) electrons. The van der Waals surface area contributed by atoms with E-state index in [2.05, 4.69) is 0 Å². The Morgan fingerprint density at radius 1 is 1.35 bits per heavy atom. The quantitative estimate of drug-likeness (QED) is 0.764. The number of aliphatic hydroxyl groups excluding tert-OH is 1. The standard InChI is InChI=1S/C13H26N2O4S/c1-11(2)15(7-4-10-16)13(17)12-5-8-14(9-6-12)20(3,18)19/h11-12,16H,4-10H2,1-3H3. The van der Waals surface area contributed by atoms with E-state index < -0.39 is 10.0 Å². The van der Waals surface area contributed by atoms with Crippen LogP contribution in [0, 0.1) is 5.92 Å². The van der Waals surface area contributed by atoms with Crippen molar-refractivity contribution < 1.29 is 18.3 Å². The molecule has 0 bridgehead atoms. The number of carbonyl (C=O) groups excluding carboxylic acids is 1. The van der Waals surface area contributed by atoms with Crippen molar-refractivity contribution in [2.24, 2.45) is 5.92 Å². The highest BCUT2D eigenvalue weighted by molar-refractivity contribution is 7.88. The van der Waals surface area contributed by atoms with Gasteiger partial charge in [0.05, 0.1) is 6.26 Å². The van der Waals surface area contributed by atoms with Crippen LogP contribution in [0.1, 0.15) is 33.1 Å². The molecular weight excluding hydrogens is 280 g/mol. The first-order valence-corrected chi connectivity index (χ1v) is 8.98. The Labute approximate surface area is 121 Å². The van der Waals surface area contributed by atoms with E-state index in [1.807, 2.05) is 13.8 Å². The highest BCUT2D eigenvalue weighted by atomic mass is 32.2. The number of sulfonamides is 1. The fourth-order valence-corrected chi connectivity index (χ4v) is 3.41. The minimum atomic E-state index is -3.15. The van der Waals surface area contributed by atoms with Crippen molar-refractivity contribution in [3.8, 4) is 0 Å².